The molecule has 9 heteroatoms. The number of imidazole rings is 2. The van der Waals surface area contributed by atoms with E-state index in [9.17, 15) is 14.4 Å². The number of ether oxygens (including phenoxy) is 1. The second-order valence-electron chi connectivity index (χ2n) is 8.40. The third-order valence-electron chi connectivity index (χ3n) is 6.25. The van der Waals surface area contributed by atoms with E-state index in [1.165, 1.54) is 11.5 Å². The molecule has 1 unspecified atom stereocenters. The standard InChI is InChI=1S/C26H25N5O4/c1-5-35-20-13-11-19(12-14-20)31-21(18-9-7-6-8-10-18)15-29-22-23(27-25(29)31)28(4)26(34)30(24(22)33)16(2)17(3)32/h6-16H,5H2,1-4H3. The second kappa shape index (κ2) is 8.43. The molecule has 2 aromatic carbocycles. The first kappa shape index (κ1) is 22.4. The average Bonchev–Trinajstić information content (AvgIpc) is 3.40. The van der Waals surface area contributed by atoms with Crippen molar-refractivity contribution >= 4 is 22.7 Å². The van der Waals surface area contributed by atoms with E-state index >= 15 is 0 Å². The van der Waals surface area contributed by atoms with Crippen LogP contribution in [0.25, 0.3) is 33.9 Å². The average molecular weight is 472 g/mol. The van der Waals surface area contributed by atoms with Crippen molar-refractivity contribution < 1.29 is 9.53 Å². The number of Topliss-reactive ketones (excluding diaryl/α,β-unsaturated/α-hetero) is 1. The Labute approximate surface area is 200 Å². The van der Waals surface area contributed by atoms with Crippen LogP contribution in [0, 0.1) is 0 Å². The smallest absolute Gasteiger partial charge is 0.333 e. The van der Waals surface area contributed by atoms with Crippen LogP contribution >= 0.6 is 0 Å². The SMILES string of the molecule is CCOc1ccc(-n2c(-c3ccccc3)cn3c4c(=O)n(C(C)C(C)=O)c(=O)n(C)c4nc23)cc1. The number of fused-ring (bicyclic) bond motifs is 3. The highest BCUT2D eigenvalue weighted by atomic mass is 16.5. The van der Waals surface area contributed by atoms with E-state index < -0.39 is 17.3 Å². The summed E-state index contributed by atoms with van der Waals surface area (Å²) in [6.07, 6.45) is 1.84. The molecule has 178 valence electrons. The molecule has 5 rings (SSSR count). The molecule has 0 radical (unpaired) electrons. The monoisotopic (exact) mass is 471 g/mol. The molecule has 0 aliphatic carbocycles. The third-order valence-corrected chi connectivity index (χ3v) is 6.25. The molecule has 0 amide bonds. The summed E-state index contributed by atoms with van der Waals surface area (Å²) in [7, 11) is 1.55. The molecule has 0 aliphatic rings. The fourth-order valence-electron chi connectivity index (χ4n) is 4.31. The quantitative estimate of drug-likeness (QED) is 0.379. The van der Waals surface area contributed by atoms with Gasteiger partial charge in [-0.3, -0.25) is 23.1 Å². The number of aryl methyl sites for hydroxylation is 1. The van der Waals surface area contributed by atoms with Gasteiger partial charge in [-0.25, -0.2) is 9.36 Å². The largest absolute Gasteiger partial charge is 0.494 e. The number of ketones is 1. The number of hydrogen-bond donors (Lipinski definition) is 0. The predicted octanol–water partition coefficient (Wildman–Crippen LogP) is 3.35. The van der Waals surface area contributed by atoms with E-state index in [4.69, 9.17) is 9.72 Å². The fourth-order valence-corrected chi connectivity index (χ4v) is 4.31. The Kier molecular flexibility index (Phi) is 5.39. The van der Waals surface area contributed by atoms with Gasteiger partial charge in [-0.1, -0.05) is 30.3 Å². The summed E-state index contributed by atoms with van der Waals surface area (Å²) >= 11 is 0. The molecular formula is C26H25N5O4. The summed E-state index contributed by atoms with van der Waals surface area (Å²) in [5.41, 5.74) is 1.92. The zero-order chi connectivity index (χ0) is 24.9. The molecule has 35 heavy (non-hydrogen) atoms. The maximum absolute atomic E-state index is 13.5. The zero-order valence-electron chi connectivity index (χ0n) is 19.9. The molecule has 0 saturated heterocycles. The van der Waals surface area contributed by atoms with Crippen molar-refractivity contribution in [1.29, 1.82) is 0 Å². The Morgan fingerprint density at radius 1 is 1.06 bits per heavy atom. The van der Waals surface area contributed by atoms with E-state index in [1.807, 2.05) is 72.3 Å². The van der Waals surface area contributed by atoms with Crippen LogP contribution in [0.1, 0.15) is 26.8 Å². The first-order chi connectivity index (χ1) is 16.8. The summed E-state index contributed by atoms with van der Waals surface area (Å²) in [5.74, 6) is 0.947. The van der Waals surface area contributed by atoms with E-state index in [1.54, 1.807) is 18.4 Å². The minimum Gasteiger partial charge on any atom is -0.494 e. The Balaban J connectivity index is 1.88. The highest BCUT2D eigenvalue weighted by Crippen LogP contribution is 2.29. The lowest BCUT2D eigenvalue weighted by Crippen LogP contribution is -2.42. The van der Waals surface area contributed by atoms with Gasteiger partial charge in [0.2, 0.25) is 5.78 Å². The van der Waals surface area contributed by atoms with Crippen LogP contribution in [-0.2, 0) is 11.8 Å². The van der Waals surface area contributed by atoms with Crippen LogP contribution in [0.3, 0.4) is 0 Å². The van der Waals surface area contributed by atoms with Crippen molar-refractivity contribution in [1.82, 2.24) is 23.1 Å². The van der Waals surface area contributed by atoms with Crippen LogP contribution in [0.5, 0.6) is 5.75 Å². The first-order valence-electron chi connectivity index (χ1n) is 11.4. The van der Waals surface area contributed by atoms with Gasteiger partial charge in [0.25, 0.3) is 5.56 Å². The number of aromatic nitrogens is 5. The Morgan fingerprint density at radius 2 is 1.74 bits per heavy atom. The number of carbonyl (C=O) groups is 1. The summed E-state index contributed by atoms with van der Waals surface area (Å²) in [5, 5.41) is 0. The van der Waals surface area contributed by atoms with Gasteiger partial charge in [0, 0.05) is 24.5 Å². The molecule has 0 N–H and O–H groups in total. The molecule has 0 saturated carbocycles. The van der Waals surface area contributed by atoms with Crippen LogP contribution in [0.4, 0.5) is 0 Å². The number of hydrogen-bond acceptors (Lipinski definition) is 5. The van der Waals surface area contributed by atoms with Crippen LogP contribution < -0.4 is 16.0 Å². The zero-order valence-corrected chi connectivity index (χ0v) is 19.9. The van der Waals surface area contributed by atoms with Crippen molar-refractivity contribution in [2.24, 2.45) is 7.05 Å². The van der Waals surface area contributed by atoms with Gasteiger partial charge in [-0.2, -0.15) is 4.98 Å². The van der Waals surface area contributed by atoms with Crippen LogP contribution in [0.2, 0.25) is 0 Å². The molecule has 0 bridgehead atoms. The minimum atomic E-state index is -0.891. The maximum atomic E-state index is 13.5. The number of nitrogens with zero attached hydrogens (tertiary/aromatic N) is 5. The van der Waals surface area contributed by atoms with Gasteiger partial charge >= 0.3 is 5.69 Å². The molecule has 3 heterocycles. The van der Waals surface area contributed by atoms with E-state index in [2.05, 4.69) is 0 Å². The molecular weight excluding hydrogens is 446 g/mol. The van der Waals surface area contributed by atoms with Crippen LogP contribution in [0.15, 0.2) is 70.4 Å². The molecule has 9 nitrogen and oxygen atoms in total. The van der Waals surface area contributed by atoms with Gasteiger partial charge in [0.15, 0.2) is 16.9 Å². The van der Waals surface area contributed by atoms with Gasteiger partial charge < -0.3 is 4.74 Å². The Hall–Kier alpha value is -4.40. The highest BCUT2D eigenvalue weighted by Gasteiger charge is 2.25. The number of carbonyl (C=O) groups excluding carboxylic acids is 1. The van der Waals surface area contributed by atoms with Crippen molar-refractivity contribution in [3.05, 3.63) is 81.6 Å². The third kappa shape index (κ3) is 3.47. The molecule has 0 fully saturated rings. The summed E-state index contributed by atoms with van der Waals surface area (Å²) in [6, 6.07) is 16.5. The molecule has 0 aliphatic heterocycles. The highest BCUT2D eigenvalue weighted by molar-refractivity contribution is 5.82. The van der Waals surface area contributed by atoms with Crippen molar-refractivity contribution in [2.45, 2.75) is 26.8 Å². The lowest BCUT2D eigenvalue weighted by atomic mass is 10.1. The molecule has 1 atom stereocenters. The fraction of sp³-hybridized carbons (Fsp3) is 0.231. The topological polar surface area (TPSA) is 92.5 Å². The van der Waals surface area contributed by atoms with E-state index in [0.717, 1.165) is 27.3 Å². The van der Waals surface area contributed by atoms with Crippen molar-refractivity contribution in [3.63, 3.8) is 0 Å². The lowest BCUT2D eigenvalue weighted by molar-refractivity contribution is -0.119. The van der Waals surface area contributed by atoms with E-state index in [-0.39, 0.29) is 16.9 Å². The van der Waals surface area contributed by atoms with Crippen molar-refractivity contribution in [2.75, 3.05) is 6.61 Å². The van der Waals surface area contributed by atoms with Gasteiger partial charge in [0.1, 0.15) is 5.75 Å². The van der Waals surface area contributed by atoms with Crippen LogP contribution in [-0.4, -0.2) is 35.5 Å². The number of benzene rings is 2. The summed E-state index contributed by atoms with van der Waals surface area (Å²) in [4.78, 5) is 43.3. The summed E-state index contributed by atoms with van der Waals surface area (Å²) in [6.45, 7) is 5.41. The summed E-state index contributed by atoms with van der Waals surface area (Å²) < 4.78 is 11.5. The van der Waals surface area contributed by atoms with Gasteiger partial charge in [0.05, 0.1) is 18.3 Å². The first-order valence-corrected chi connectivity index (χ1v) is 11.4. The lowest BCUT2D eigenvalue weighted by Gasteiger charge is -2.12. The minimum absolute atomic E-state index is 0.233. The Morgan fingerprint density at radius 3 is 2.37 bits per heavy atom. The van der Waals surface area contributed by atoms with Gasteiger partial charge in [-0.05, 0) is 45.0 Å². The molecule has 0 spiro atoms. The second-order valence-corrected chi connectivity index (χ2v) is 8.40. The molecule has 3 aromatic heterocycles. The van der Waals surface area contributed by atoms with Crippen molar-refractivity contribution in [3.8, 4) is 22.7 Å². The van der Waals surface area contributed by atoms with E-state index in [0.29, 0.717) is 12.4 Å². The normalized spacial score (nSPS) is 12.3. The predicted molar refractivity (Wildman–Crippen MR) is 134 cm³/mol. The number of rotatable bonds is 6. The Bertz CT molecular complexity index is 1690. The molecule has 5 aromatic rings. The van der Waals surface area contributed by atoms with Gasteiger partial charge in [-0.15, -0.1) is 0 Å². The maximum Gasteiger partial charge on any atom is 0.333 e.